The van der Waals surface area contributed by atoms with E-state index in [1.54, 1.807) is 18.0 Å². The quantitative estimate of drug-likeness (QED) is 0.538. The summed E-state index contributed by atoms with van der Waals surface area (Å²) in [6.45, 7) is 12.2. The molecule has 2 N–H and O–H groups in total. The number of likely N-dealkylation sites (N-methyl/N-ethyl adjacent to an activating group) is 1. The molecule has 0 aliphatic carbocycles. The van der Waals surface area contributed by atoms with Gasteiger partial charge in [-0.2, -0.15) is 5.06 Å². The van der Waals surface area contributed by atoms with Crippen LogP contribution in [0.5, 0.6) is 0 Å². The van der Waals surface area contributed by atoms with Gasteiger partial charge >= 0.3 is 0 Å². The van der Waals surface area contributed by atoms with Gasteiger partial charge in [-0.25, -0.2) is 0 Å². The Bertz CT molecular complexity index is 842. The number of anilines is 1. The molecule has 0 bridgehead atoms. The van der Waals surface area contributed by atoms with Crippen LogP contribution in [0.2, 0.25) is 0 Å². The zero-order chi connectivity index (χ0) is 24.7. The van der Waals surface area contributed by atoms with Gasteiger partial charge in [0.1, 0.15) is 6.04 Å². The van der Waals surface area contributed by atoms with Crippen LogP contribution in [0.25, 0.3) is 0 Å². The number of nitrogens with one attached hydrogen (secondary N) is 1. The number of nitrogens with zero attached hydrogens (tertiary/aromatic N) is 3. The zero-order valence-electron chi connectivity index (χ0n) is 21.1. The van der Waals surface area contributed by atoms with Crippen LogP contribution in [0.4, 0.5) is 5.69 Å². The first-order valence-electron chi connectivity index (χ1n) is 12.7. The topological polar surface area (TPSA) is 76.1 Å². The number of allylic oxidation sites excluding steroid dienone is 1. The monoisotopic (exact) mass is 470 g/mol. The summed E-state index contributed by atoms with van der Waals surface area (Å²) in [5.41, 5.74) is 3.22. The highest BCUT2D eigenvalue weighted by Gasteiger charge is 2.31. The molecule has 2 saturated heterocycles. The number of hydroxylamine groups is 2. The number of rotatable bonds is 9. The average molecular weight is 471 g/mol. The number of hydrogen-bond donors (Lipinski definition) is 2. The van der Waals surface area contributed by atoms with Gasteiger partial charge in [0, 0.05) is 39.3 Å². The van der Waals surface area contributed by atoms with Crippen LogP contribution in [0.3, 0.4) is 0 Å². The molecular weight excluding hydrogens is 428 g/mol. The maximum Gasteiger partial charge on any atom is 0.242 e. The molecule has 2 heterocycles. The van der Waals surface area contributed by atoms with E-state index in [2.05, 4.69) is 29.8 Å². The largest absolute Gasteiger partial charge is 0.357 e. The summed E-state index contributed by atoms with van der Waals surface area (Å²) in [6, 6.07) is 5.62. The van der Waals surface area contributed by atoms with E-state index in [1.165, 1.54) is 17.6 Å². The van der Waals surface area contributed by atoms with E-state index >= 15 is 0 Å². The van der Waals surface area contributed by atoms with Gasteiger partial charge in [0.2, 0.25) is 11.8 Å². The molecule has 1 aromatic carbocycles. The van der Waals surface area contributed by atoms with Crippen molar-refractivity contribution < 1.29 is 14.8 Å². The van der Waals surface area contributed by atoms with Crippen molar-refractivity contribution in [3.8, 4) is 0 Å². The molecule has 2 fully saturated rings. The Kier molecular flexibility index (Phi) is 9.68. The van der Waals surface area contributed by atoms with Crippen LogP contribution in [-0.4, -0.2) is 72.8 Å². The van der Waals surface area contributed by atoms with Gasteiger partial charge < -0.3 is 15.4 Å². The first kappa shape index (κ1) is 26.4. The van der Waals surface area contributed by atoms with Gasteiger partial charge in [-0.1, -0.05) is 18.2 Å². The Hall–Kier alpha value is -2.22. The Morgan fingerprint density at radius 1 is 1.21 bits per heavy atom. The number of likely N-dealkylation sites (tertiary alicyclic amines) is 1. The maximum atomic E-state index is 12.8. The summed E-state index contributed by atoms with van der Waals surface area (Å²) in [4.78, 5) is 29.7. The molecule has 3 rings (SSSR count). The minimum Gasteiger partial charge on any atom is -0.357 e. The Morgan fingerprint density at radius 3 is 2.47 bits per heavy atom. The highest BCUT2D eigenvalue weighted by Crippen LogP contribution is 2.36. The van der Waals surface area contributed by atoms with E-state index in [-0.39, 0.29) is 11.8 Å². The number of benzene rings is 1. The molecule has 34 heavy (non-hydrogen) atoms. The molecule has 1 atom stereocenters. The molecule has 7 heteroatoms. The smallest absolute Gasteiger partial charge is 0.242 e. The number of hydrogen-bond acceptors (Lipinski definition) is 5. The molecule has 0 aromatic heterocycles. The molecule has 1 aromatic rings. The third-order valence-electron chi connectivity index (χ3n) is 7.59. The summed E-state index contributed by atoms with van der Waals surface area (Å²) < 4.78 is 0. The second-order valence-corrected chi connectivity index (χ2v) is 9.85. The SMILES string of the molecule is C=CCCC(C(=O)NC)N(C(C)=O)c1cccc(C2CCN(CC3CCN(O)CC3)CC2)c1C. The van der Waals surface area contributed by atoms with Gasteiger partial charge in [0.05, 0.1) is 0 Å². The number of amides is 2. The van der Waals surface area contributed by atoms with Gasteiger partial charge in [-0.05, 0) is 87.6 Å². The molecule has 0 saturated carbocycles. The molecular formula is C27H42N4O3. The predicted molar refractivity (Wildman–Crippen MR) is 136 cm³/mol. The van der Waals surface area contributed by atoms with Crippen molar-refractivity contribution in [2.24, 2.45) is 5.92 Å². The lowest BCUT2D eigenvalue weighted by atomic mass is 9.85. The molecule has 0 spiro atoms. The molecule has 2 aliphatic heterocycles. The molecule has 2 amide bonds. The normalized spacial score (nSPS) is 19.5. The average Bonchev–Trinajstić information content (AvgIpc) is 2.83. The third kappa shape index (κ3) is 6.46. The molecule has 1 unspecified atom stereocenters. The standard InChI is InChI=1S/C27H42N4O3/c1-5-6-9-26(27(33)28-4)31(21(3)32)25-10-7-8-24(20(25)2)23-13-15-29(16-14-23)19-22-11-17-30(34)18-12-22/h5,7-8,10,22-23,26,34H,1,6,9,11-19H2,2-4H3,(H,28,33). The fourth-order valence-corrected chi connectivity index (χ4v) is 5.61. The van der Waals surface area contributed by atoms with Crippen molar-refractivity contribution in [3.05, 3.63) is 42.0 Å². The highest BCUT2D eigenvalue weighted by molar-refractivity contribution is 6.00. The maximum absolute atomic E-state index is 12.8. The molecule has 2 aliphatic rings. The van der Waals surface area contributed by atoms with Crippen molar-refractivity contribution in [3.63, 3.8) is 0 Å². The molecule has 7 nitrogen and oxygen atoms in total. The van der Waals surface area contributed by atoms with Crippen LogP contribution in [-0.2, 0) is 9.59 Å². The second-order valence-electron chi connectivity index (χ2n) is 9.85. The summed E-state index contributed by atoms with van der Waals surface area (Å²) in [5.74, 6) is 0.853. The summed E-state index contributed by atoms with van der Waals surface area (Å²) >= 11 is 0. The van der Waals surface area contributed by atoms with Crippen LogP contribution < -0.4 is 10.2 Å². The fourth-order valence-electron chi connectivity index (χ4n) is 5.61. The Morgan fingerprint density at radius 2 is 1.88 bits per heavy atom. The van der Waals surface area contributed by atoms with Gasteiger partial charge in [-0.3, -0.25) is 14.5 Å². The minimum absolute atomic E-state index is 0.123. The van der Waals surface area contributed by atoms with Gasteiger partial charge in [0.25, 0.3) is 0 Å². The fraction of sp³-hybridized carbons (Fsp3) is 0.630. The van der Waals surface area contributed by atoms with E-state index in [9.17, 15) is 14.8 Å². The Labute approximate surface area is 204 Å². The van der Waals surface area contributed by atoms with Crippen LogP contribution in [0.1, 0.15) is 62.5 Å². The lowest BCUT2D eigenvalue weighted by Crippen LogP contribution is -2.48. The second kappa shape index (κ2) is 12.5. The van der Waals surface area contributed by atoms with Crippen molar-refractivity contribution in [2.45, 2.75) is 64.3 Å². The van der Waals surface area contributed by atoms with Crippen LogP contribution in [0.15, 0.2) is 30.9 Å². The van der Waals surface area contributed by atoms with E-state index in [0.29, 0.717) is 24.7 Å². The highest BCUT2D eigenvalue weighted by atomic mass is 16.5. The summed E-state index contributed by atoms with van der Waals surface area (Å²) in [6.07, 6.45) is 7.32. The molecule has 188 valence electrons. The van der Waals surface area contributed by atoms with Crippen molar-refractivity contribution in [1.82, 2.24) is 15.3 Å². The van der Waals surface area contributed by atoms with Gasteiger partial charge in [-0.15, -0.1) is 6.58 Å². The van der Waals surface area contributed by atoms with Crippen LogP contribution >= 0.6 is 0 Å². The van der Waals surface area contributed by atoms with E-state index in [0.717, 1.165) is 69.7 Å². The van der Waals surface area contributed by atoms with E-state index < -0.39 is 6.04 Å². The number of carbonyl (C=O) groups is 2. The minimum atomic E-state index is -0.554. The predicted octanol–water partition coefficient (Wildman–Crippen LogP) is 3.71. The first-order chi connectivity index (χ1) is 16.3. The summed E-state index contributed by atoms with van der Waals surface area (Å²) in [7, 11) is 1.62. The van der Waals surface area contributed by atoms with Gasteiger partial charge in [0.15, 0.2) is 0 Å². The lowest BCUT2D eigenvalue weighted by Gasteiger charge is -2.37. The van der Waals surface area contributed by atoms with Crippen molar-refractivity contribution >= 4 is 17.5 Å². The number of carbonyl (C=O) groups excluding carboxylic acids is 2. The van der Waals surface area contributed by atoms with Crippen molar-refractivity contribution in [2.75, 3.05) is 44.7 Å². The van der Waals surface area contributed by atoms with E-state index in [4.69, 9.17) is 0 Å². The third-order valence-corrected chi connectivity index (χ3v) is 7.59. The zero-order valence-corrected chi connectivity index (χ0v) is 21.1. The lowest BCUT2D eigenvalue weighted by molar-refractivity contribution is -0.125. The molecule has 0 radical (unpaired) electrons. The van der Waals surface area contributed by atoms with Crippen LogP contribution in [0, 0.1) is 12.8 Å². The summed E-state index contributed by atoms with van der Waals surface area (Å²) in [5, 5.41) is 13.8. The van der Waals surface area contributed by atoms with E-state index in [1.807, 2.05) is 12.1 Å². The first-order valence-corrected chi connectivity index (χ1v) is 12.7. The van der Waals surface area contributed by atoms with Crippen molar-refractivity contribution in [1.29, 1.82) is 0 Å². The number of piperidine rings is 2. The Balaban J connectivity index is 1.72.